The maximum absolute atomic E-state index is 6.09. The highest BCUT2D eigenvalue weighted by Gasteiger charge is 2.27. The largest absolute Gasteiger partial charge is 0.490 e. The second kappa shape index (κ2) is 5.28. The molecule has 5 nitrogen and oxygen atoms in total. The minimum absolute atomic E-state index is 0.160. The number of hydrogen-bond acceptors (Lipinski definition) is 5. The topological polar surface area (TPSA) is 47.5 Å². The van der Waals surface area contributed by atoms with E-state index in [9.17, 15) is 0 Å². The first-order valence-electron chi connectivity index (χ1n) is 5.99. The highest BCUT2D eigenvalue weighted by atomic mass is 35.5. The van der Waals surface area contributed by atoms with Crippen molar-refractivity contribution in [2.24, 2.45) is 0 Å². The minimum atomic E-state index is 0.160. The zero-order valence-corrected chi connectivity index (χ0v) is 11.9. The number of methoxy groups -OCH3 is 1. The SMILES string of the molecule is COc1c(Cl)nc(C)nc1N1CC(C)O[C@@H](C)C1. The zero-order chi connectivity index (χ0) is 13.3. The van der Waals surface area contributed by atoms with Crippen LogP contribution in [0.25, 0.3) is 0 Å². The van der Waals surface area contributed by atoms with Crippen LogP contribution >= 0.6 is 11.6 Å². The van der Waals surface area contributed by atoms with Gasteiger partial charge in [0, 0.05) is 13.1 Å². The number of aromatic nitrogens is 2. The fraction of sp³-hybridized carbons (Fsp3) is 0.667. The minimum Gasteiger partial charge on any atom is -0.490 e. The van der Waals surface area contributed by atoms with Gasteiger partial charge in [0.15, 0.2) is 16.7 Å². The van der Waals surface area contributed by atoms with Crippen LogP contribution in [0.5, 0.6) is 5.75 Å². The molecule has 0 amide bonds. The summed E-state index contributed by atoms with van der Waals surface area (Å²) in [6.45, 7) is 7.46. The summed E-state index contributed by atoms with van der Waals surface area (Å²) in [6, 6.07) is 0. The Hall–Kier alpha value is -1.07. The third kappa shape index (κ3) is 2.67. The number of rotatable bonds is 2. The quantitative estimate of drug-likeness (QED) is 0.771. The molecule has 1 aliphatic heterocycles. The van der Waals surface area contributed by atoms with E-state index in [2.05, 4.69) is 14.9 Å². The Kier molecular flexibility index (Phi) is 3.92. The summed E-state index contributed by atoms with van der Waals surface area (Å²) < 4.78 is 11.0. The lowest BCUT2D eigenvalue weighted by Crippen LogP contribution is -2.46. The summed E-state index contributed by atoms with van der Waals surface area (Å²) >= 11 is 6.09. The molecule has 100 valence electrons. The maximum Gasteiger partial charge on any atom is 0.199 e. The number of aryl methyl sites for hydroxylation is 1. The van der Waals surface area contributed by atoms with Crippen LogP contribution in [0.3, 0.4) is 0 Å². The van der Waals surface area contributed by atoms with Crippen molar-refractivity contribution in [2.75, 3.05) is 25.1 Å². The molecule has 0 N–H and O–H groups in total. The number of halogens is 1. The monoisotopic (exact) mass is 271 g/mol. The van der Waals surface area contributed by atoms with Crippen molar-refractivity contribution in [1.29, 1.82) is 0 Å². The van der Waals surface area contributed by atoms with Gasteiger partial charge in [0.1, 0.15) is 5.82 Å². The molecule has 1 aromatic rings. The molecule has 2 rings (SSSR count). The van der Waals surface area contributed by atoms with Crippen molar-refractivity contribution in [2.45, 2.75) is 33.0 Å². The van der Waals surface area contributed by atoms with Gasteiger partial charge in [-0.2, -0.15) is 0 Å². The van der Waals surface area contributed by atoms with Crippen LogP contribution in [0.1, 0.15) is 19.7 Å². The lowest BCUT2D eigenvalue weighted by Gasteiger charge is -2.36. The predicted octanol–water partition coefficient (Wildman–Crippen LogP) is 2.06. The highest BCUT2D eigenvalue weighted by Crippen LogP contribution is 2.33. The Morgan fingerprint density at radius 1 is 1.28 bits per heavy atom. The molecule has 6 heteroatoms. The van der Waals surface area contributed by atoms with Crippen LogP contribution in [0.15, 0.2) is 0 Å². The van der Waals surface area contributed by atoms with Crippen molar-refractivity contribution in [3.63, 3.8) is 0 Å². The van der Waals surface area contributed by atoms with E-state index in [0.29, 0.717) is 16.7 Å². The summed E-state index contributed by atoms with van der Waals surface area (Å²) in [5.74, 6) is 1.92. The van der Waals surface area contributed by atoms with Crippen LogP contribution in [0.2, 0.25) is 5.15 Å². The van der Waals surface area contributed by atoms with E-state index in [1.54, 1.807) is 7.11 Å². The standard InChI is InChI=1S/C12H18ClN3O2/c1-7-5-16(6-8(2)18-7)12-10(17-4)11(13)14-9(3)15-12/h7-8H,5-6H2,1-4H3/t7-,8?/m0/s1. The molecule has 2 heterocycles. The third-order valence-electron chi connectivity index (χ3n) is 2.84. The summed E-state index contributed by atoms with van der Waals surface area (Å²) in [5, 5.41) is 0.354. The molecular formula is C12H18ClN3O2. The normalized spacial score (nSPS) is 24.2. The molecule has 0 aliphatic carbocycles. The van der Waals surface area contributed by atoms with Crippen LogP contribution in [0, 0.1) is 6.92 Å². The summed E-state index contributed by atoms with van der Waals surface area (Å²) in [4.78, 5) is 10.7. The Bertz CT molecular complexity index is 432. The van der Waals surface area contributed by atoms with Crippen molar-refractivity contribution in [3.8, 4) is 5.75 Å². The number of morpholine rings is 1. The molecule has 0 radical (unpaired) electrons. The maximum atomic E-state index is 6.09. The number of nitrogens with zero attached hydrogens (tertiary/aromatic N) is 3. The lowest BCUT2D eigenvalue weighted by atomic mass is 10.2. The van der Waals surface area contributed by atoms with Gasteiger partial charge in [-0.1, -0.05) is 11.6 Å². The van der Waals surface area contributed by atoms with E-state index in [-0.39, 0.29) is 12.2 Å². The first kappa shape index (κ1) is 13.4. The molecule has 0 saturated carbocycles. The molecule has 1 unspecified atom stereocenters. The van der Waals surface area contributed by atoms with Crippen molar-refractivity contribution >= 4 is 17.4 Å². The van der Waals surface area contributed by atoms with Crippen molar-refractivity contribution in [1.82, 2.24) is 9.97 Å². The van der Waals surface area contributed by atoms with E-state index < -0.39 is 0 Å². The summed E-state index contributed by atoms with van der Waals surface area (Å²) in [7, 11) is 1.58. The smallest absolute Gasteiger partial charge is 0.199 e. The van der Waals surface area contributed by atoms with Gasteiger partial charge in [0.05, 0.1) is 19.3 Å². The van der Waals surface area contributed by atoms with E-state index in [1.165, 1.54) is 0 Å². The van der Waals surface area contributed by atoms with E-state index >= 15 is 0 Å². The Labute approximate surface area is 112 Å². The molecule has 1 fully saturated rings. The second-order valence-electron chi connectivity index (χ2n) is 4.58. The predicted molar refractivity (Wildman–Crippen MR) is 70.6 cm³/mol. The van der Waals surface area contributed by atoms with Gasteiger partial charge in [0.2, 0.25) is 0 Å². The molecule has 0 spiro atoms. The van der Waals surface area contributed by atoms with Crippen LogP contribution < -0.4 is 9.64 Å². The first-order valence-corrected chi connectivity index (χ1v) is 6.37. The van der Waals surface area contributed by atoms with E-state index in [0.717, 1.165) is 18.9 Å². The van der Waals surface area contributed by atoms with Crippen molar-refractivity contribution in [3.05, 3.63) is 11.0 Å². The first-order chi connectivity index (χ1) is 8.51. The van der Waals surface area contributed by atoms with Gasteiger partial charge in [-0.25, -0.2) is 9.97 Å². The Morgan fingerprint density at radius 3 is 2.44 bits per heavy atom. The van der Waals surface area contributed by atoms with Gasteiger partial charge < -0.3 is 14.4 Å². The van der Waals surface area contributed by atoms with Gasteiger partial charge in [-0.3, -0.25) is 0 Å². The van der Waals surface area contributed by atoms with E-state index in [1.807, 2.05) is 20.8 Å². The third-order valence-corrected chi connectivity index (χ3v) is 3.10. The van der Waals surface area contributed by atoms with Crippen molar-refractivity contribution < 1.29 is 9.47 Å². The lowest BCUT2D eigenvalue weighted by molar-refractivity contribution is -0.00559. The molecule has 1 saturated heterocycles. The summed E-state index contributed by atoms with van der Waals surface area (Å²) in [5.41, 5.74) is 0. The number of anilines is 1. The molecule has 2 atom stereocenters. The van der Waals surface area contributed by atoms with Gasteiger partial charge in [0.25, 0.3) is 0 Å². The molecule has 1 aromatic heterocycles. The van der Waals surface area contributed by atoms with Gasteiger partial charge >= 0.3 is 0 Å². The number of ether oxygens (including phenoxy) is 2. The molecule has 0 bridgehead atoms. The highest BCUT2D eigenvalue weighted by molar-refractivity contribution is 6.31. The molecule has 18 heavy (non-hydrogen) atoms. The van der Waals surface area contributed by atoms with Gasteiger partial charge in [-0.15, -0.1) is 0 Å². The fourth-order valence-corrected chi connectivity index (χ4v) is 2.54. The molecular weight excluding hydrogens is 254 g/mol. The fourth-order valence-electron chi connectivity index (χ4n) is 2.25. The average molecular weight is 272 g/mol. The Balaban J connectivity index is 2.37. The van der Waals surface area contributed by atoms with Crippen LogP contribution in [0.4, 0.5) is 5.82 Å². The van der Waals surface area contributed by atoms with Crippen LogP contribution in [-0.2, 0) is 4.74 Å². The Morgan fingerprint density at radius 2 is 1.89 bits per heavy atom. The zero-order valence-electron chi connectivity index (χ0n) is 11.1. The average Bonchev–Trinajstić information content (AvgIpc) is 2.26. The molecule has 1 aliphatic rings. The second-order valence-corrected chi connectivity index (χ2v) is 4.94. The van der Waals surface area contributed by atoms with Gasteiger partial charge in [-0.05, 0) is 20.8 Å². The summed E-state index contributed by atoms with van der Waals surface area (Å²) in [6.07, 6.45) is 0.319. The molecule has 0 aromatic carbocycles. The number of hydrogen-bond donors (Lipinski definition) is 0. The van der Waals surface area contributed by atoms with E-state index in [4.69, 9.17) is 21.1 Å². The van der Waals surface area contributed by atoms with Crippen LogP contribution in [-0.4, -0.2) is 42.4 Å².